The Hall–Kier alpha value is -2.27. The van der Waals surface area contributed by atoms with Gasteiger partial charge in [0.2, 0.25) is 0 Å². The third-order valence-corrected chi connectivity index (χ3v) is 13.3. The zero-order chi connectivity index (χ0) is 31.5. The topological polar surface area (TPSA) is 69.7 Å². The summed E-state index contributed by atoms with van der Waals surface area (Å²) in [5.41, 5.74) is 1.98. The van der Waals surface area contributed by atoms with E-state index in [0.29, 0.717) is 44.2 Å². The summed E-state index contributed by atoms with van der Waals surface area (Å²) < 4.78 is 69.0. The molecule has 0 aliphatic carbocycles. The molecule has 0 N–H and O–H groups in total. The Kier molecular flexibility index (Phi) is 13.2. The van der Waals surface area contributed by atoms with E-state index >= 15 is 8.78 Å². The van der Waals surface area contributed by atoms with Crippen molar-refractivity contribution in [2.24, 2.45) is 0 Å². The summed E-state index contributed by atoms with van der Waals surface area (Å²) in [6.07, 6.45) is 7.50. The van der Waals surface area contributed by atoms with Gasteiger partial charge in [-0.25, -0.2) is 8.42 Å². The average molecular weight is 700 g/mol. The van der Waals surface area contributed by atoms with Gasteiger partial charge in [0.05, 0.1) is 6.61 Å². The number of carbonyl (C=O) groups excluding carboxylic acids is 1. The Morgan fingerprint density at radius 2 is 1.05 bits per heavy atom. The molecule has 5 nitrogen and oxygen atoms in total. The van der Waals surface area contributed by atoms with Crippen molar-refractivity contribution in [1.82, 2.24) is 0 Å². The second-order valence-electron chi connectivity index (χ2n) is 10.5. The van der Waals surface area contributed by atoms with Crippen LogP contribution >= 0.6 is 26.2 Å². The quantitative estimate of drug-likeness (QED) is 0.0797. The van der Waals surface area contributed by atoms with Crippen molar-refractivity contribution in [2.45, 2.75) is 92.1 Å². The Balaban J connectivity index is 1.91. The van der Waals surface area contributed by atoms with Crippen molar-refractivity contribution in [1.29, 1.82) is 0 Å². The molecule has 0 aromatic heterocycles. The van der Waals surface area contributed by atoms with Crippen LogP contribution in [0.1, 0.15) is 68.1 Å². The number of alkyl halides is 3. The van der Waals surface area contributed by atoms with E-state index in [0.717, 1.165) is 43.9 Å². The molecule has 10 heteroatoms. The molecule has 3 rings (SSSR count). The minimum atomic E-state index is -5.85. The summed E-state index contributed by atoms with van der Waals surface area (Å²) in [6.45, 7) is 5.04. The summed E-state index contributed by atoms with van der Waals surface area (Å²) in [5, 5.41) is -3.93. The largest absolute Gasteiger partial charge is 0.466 e. The van der Waals surface area contributed by atoms with Crippen LogP contribution in [0.5, 0.6) is 0 Å². The normalized spacial score (nSPS) is 12.7. The van der Waals surface area contributed by atoms with Crippen molar-refractivity contribution in [3.63, 3.8) is 0 Å². The standard InChI is InChI=1S/C33H41BrF2O5S2/c1-26-18-10-13-21-29(26)42(30-22-14-11-19-27(30)2,31-23-15-12-20-28(31)3)41-43(38,39)33(35,36)32(37)40-25-17-9-7-5-4-6-8-16-24-34/h10-15,18-23H,4-9,16-17,24-25H2,1-3H3. The van der Waals surface area contributed by atoms with Crippen molar-refractivity contribution in [2.75, 3.05) is 11.9 Å². The van der Waals surface area contributed by atoms with Gasteiger partial charge in [0.25, 0.3) is 0 Å². The Morgan fingerprint density at radius 1 is 0.674 bits per heavy atom. The van der Waals surface area contributed by atoms with Crippen LogP contribution in [0.4, 0.5) is 8.78 Å². The van der Waals surface area contributed by atoms with Crippen molar-refractivity contribution in [3.05, 3.63) is 89.5 Å². The summed E-state index contributed by atoms with van der Waals surface area (Å²) in [6, 6.07) is 20.9. The van der Waals surface area contributed by atoms with Gasteiger partial charge in [0.1, 0.15) is 0 Å². The van der Waals surface area contributed by atoms with Gasteiger partial charge in [-0.1, -0.05) is 109 Å². The Morgan fingerprint density at radius 3 is 1.44 bits per heavy atom. The summed E-state index contributed by atoms with van der Waals surface area (Å²) in [4.78, 5) is 13.9. The average Bonchev–Trinajstić information content (AvgIpc) is 2.97. The zero-order valence-electron chi connectivity index (χ0n) is 25.0. The van der Waals surface area contributed by atoms with E-state index < -0.39 is 31.7 Å². The maximum Gasteiger partial charge on any atom is 0.466 e. The van der Waals surface area contributed by atoms with Gasteiger partial charge in [-0.2, -0.15) is 17.2 Å². The van der Waals surface area contributed by atoms with Crippen LogP contribution in [-0.4, -0.2) is 31.6 Å². The first-order chi connectivity index (χ1) is 20.5. The van der Waals surface area contributed by atoms with Gasteiger partial charge in [-0.05, 0) is 78.8 Å². The van der Waals surface area contributed by atoms with E-state index in [1.165, 1.54) is 0 Å². The summed E-state index contributed by atoms with van der Waals surface area (Å²) in [7, 11) is -9.17. The Bertz CT molecular complexity index is 1350. The molecular formula is C33H41BrF2O5S2. The summed E-state index contributed by atoms with van der Waals surface area (Å²) in [5.74, 6) is -2.13. The van der Waals surface area contributed by atoms with Gasteiger partial charge in [0, 0.05) is 20.0 Å². The molecule has 0 aliphatic rings. The number of ether oxygens (including phenoxy) is 1. The number of aryl methyl sites for hydroxylation is 3. The monoisotopic (exact) mass is 698 g/mol. The highest BCUT2D eigenvalue weighted by molar-refractivity contribution is 9.09. The van der Waals surface area contributed by atoms with Crippen LogP contribution in [0.25, 0.3) is 0 Å². The molecule has 0 atom stereocenters. The number of carbonyl (C=O) groups is 1. The van der Waals surface area contributed by atoms with E-state index in [9.17, 15) is 13.2 Å². The first kappa shape index (κ1) is 35.2. The highest BCUT2D eigenvalue weighted by Crippen LogP contribution is 2.72. The van der Waals surface area contributed by atoms with Gasteiger partial charge >= 0.3 is 21.3 Å². The molecule has 3 aromatic carbocycles. The lowest BCUT2D eigenvalue weighted by molar-refractivity contribution is -0.161. The minimum Gasteiger partial charge on any atom is -0.460 e. The number of unbranched alkanes of at least 4 members (excludes halogenated alkanes) is 7. The fourth-order valence-electron chi connectivity index (χ4n) is 4.89. The third kappa shape index (κ3) is 8.47. The first-order valence-corrected chi connectivity index (χ1v) is 18.6. The number of hydrogen-bond acceptors (Lipinski definition) is 5. The molecule has 0 heterocycles. The smallest absolute Gasteiger partial charge is 0.460 e. The maximum atomic E-state index is 15.6. The van der Waals surface area contributed by atoms with Crippen LogP contribution in [0.3, 0.4) is 0 Å². The second kappa shape index (κ2) is 16.2. The highest BCUT2D eigenvalue weighted by atomic mass is 79.9. The number of rotatable bonds is 17. The Labute approximate surface area is 265 Å². The molecule has 43 heavy (non-hydrogen) atoms. The summed E-state index contributed by atoms with van der Waals surface area (Å²) >= 11 is 3.41. The molecular weight excluding hydrogens is 658 g/mol. The van der Waals surface area contributed by atoms with Crippen LogP contribution in [0.15, 0.2) is 87.5 Å². The zero-order valence-corrected chi connectivity index (χ0v) is 28.2. The van der Waals surface area contributed by atoms with E-state index in [2.05, 4.69) is 15.9 Å². The SMILES string of the molecule is Cc1ccccc1S(OS(=O)(=O)C(F)(F)C(=O)OCCCCCCCCCCBr)(c1ccccc1C)c1ccccc1C. The lowest BCUT2D eigenvalue weighted by atomic mass is 10.1. The van der Waals surface area contributed by atoms with Crippen molar-refractivity contribution >= 4 is 42.3 Å². The minimum absolute atomic E-state index is 0.293. The van der Waals surface area contributed by atoms with Gasteiger partial charge in [-0.3, -0.25) is 0 Å². The molecule has 0 fully saturated rings. The van der Waals surface area contributed by atoms with Crippen LogP contribution in [0, 0.1) is 20.8 Å². The van der Waals surface area contributed by atoms with Crippen LogP contribution < -0.4 is 0 Å². The third-order valence-electron chi connectivity index (χ3n) is 7.21. The molecule has 0 aliphatic heterocycles. The highest BCUT2D eigenvalue weighted by Gasteiger charge is 2.59. The fourth-order valence-corrected chi connectivity index (χ4v) is 10.9. The molecule has 0 saturated heterocycles. The van der Waals surface area contributed by atoms with E-state index in [4.69, 9.17) is 8.37 Å². The number of benzene rings is 3. The van der Waals surface area contributed by atoms with Gasteiger partial charge < -0.3 is 4.74 Å². The van der Waals surface area contributed by atoms with E-state index in [-0.39, 0.29) is 6.61 Å². The lowest BCUT2D eigenvalue weighted by Crippen LogP contribution is -2.41. The molecule has 0 unspecified atom stereocenters. The van der Waals surface area contributed by atoms with Crippen LogP contribution in [0.2, 0.25) is 0 Å². The van der Waals surface area contributed by atoms with E-state index in [1.807, 2.05) is 0 Å². The van der Waals surface area contributed by atoms with Crippen molar-refractivity contribution < 1.29 is 30.4 Å². The van der Waals surface area contributed by atoms with Crippen molar-refractivity contribution in [3.8, 4) is 0 Å². The number of esters is 1. The predicted molar refractivity (Wildman–Crippen MR) is 173 cm³/mol. The fraction of sp³-hybridized carbons (Fsp3) is 0.424. The molecule has 0 saturated carbocycles. The molecule has 0 bridgehead atoms. The number of halogens is 3. The van der Waals surface area contributed by atoms with Gasteiger partial charge in [-0.15, -0.1) is 0 Å². The molecule has 0 amide bonds. The van der Waals surface area contributed by atoms with Gasteiger partial charge in [0.15, 0.2) is 0 Å². The molecule has 236 valence electrons. The lowest BCUT2D eigenvalue weighted by Gasteiger charge is -2.42. The molecule has 0 radical (unpaired) electrons. The first-order valence-electron chi connectivity index (χ1n) is 14.6. The second-order valence-corrected chi connectivity index (χ2v) is 15.7. The number of hydrogen-bond donors (Lipinski definition) is 0. The van der Waals surface area contributed by atoms with E-state index in [1.54, 1.807) is 93.6 Å². The van der Waals surface area contributed by atoms with Crippen LogP contribution in [-0.2, 0) is 23.3 Å². The molecule has 0 spiro atoms. The molecule has 3 aromatic rings. The maximum absolute atomic E-state index is 15.6. The predicted octanol–water partition coefficient (Wildman–Crippen LogP) is 9.81.